The molecule has 2 heterocycles. The summed E-state index contributed by atoms with van der Waals surface area (Å²) in [4.78, 5) is 57.1. The van der Waals surface area contributed by atoms with Crippen molar-refractivity contribution in [1.29, 1.82) is 0 Å². The number of nitrogens with one attached hydrogen (secondary N) is 2. The largest absolute Gasteiger partial charge is 0.467 e. The summed E-state index contributed by atoms with van der Waals surface area (Å²) in [6.45, 7) is 3.32. The Bertz CT molecular complexity index is 1070. The molecule has 32 heavy (non-hydrogen) atoms. The summed E-state index contributed by atoms with van der Waals surface area (Å²) in [7, 11) is -4.16. The Hall–Kier alpha value is -3.08. The van der Waals surface area contributed by atoms with E-state index in [0.717, 1.165) is 18.4 Å². The standard InChI is InChI=1S/C15H16ClN5O9S2/c1-3-4-30-20-9(7-6-31-15(17-7)18-8(22)5-16)12(23)19-10-11(14(25)29-2)21(13(10)24)32(26,27)28/h3,6,10-11H,1,4-5H2,2H3,(H,19,23)(H,17,18,22)(H,26,27,28)/b20-9+/t10-,11-/m1/s1. The maximum atomic E-state index is 12.8. The van der Waals surface area contributed by atoms with Gasteiger partial charge in [-0.15, -0.1) is 22.9 Å². The van der Waals surface area contributed by atoms with E-state index in [0.29, 0.717) is 0 Å². The molecule has 3 amide bonds. The lowest BCUT2D eigenvalue weighted by Gasteiger charge is -2.41. The zero-order chi connectivity index (χ0) is 24.1. The fourth-order valence-corrected chi connectivity index (χ4v) is 3.99. The first-order valence-corrected chi connectivity index (χ1v) is 11.2. The summed E-state index contributed by atoms with van der Waals surface area (Å²) in [6, 6.07) is -3.52. The van der Waals surface area contributed by atoms with E-state index in [1.165, 1.54) is 11.5 Å². The highest BCUT2D eigenvalue weighted by atomic mass is 35.5. The second kappa shape index (κ2) is 10.5. The first-order valence-electron chi connectivity index (χ1n) is 8.37. The van der Waals surface area contributed by atoms with E-state index in [2.05, 4.69) is 32.1 Å². The van der Waals surface area contributed by atoms with Crippen molar-refractivity contribution in [3.63, 3.8) is 0 Å². The number of halogens is 1. The summed E-state index contributed by atoms with van der Waals surface area (Å²) in [5, 5.41) is 9.55. The second-order valence-electron chi connectivity index (χ2n) is 5.78. The third-order valence-corrected chi connectivity index (χ3v) is 5.61. The van der Waals surface area contributed by atoms with Crippen molar-refractivity contribution in [3.05, 3.63) is 23.7 Å². The molecule has 174 valence electrons. The molecule has 0 bridgehead atoms. The summed E-state index contributed by atoms with van der Waals surface area (Å²) >= 11 is 6.34. The lowest BCUT2D eigenvalue weighted by atomic mass is 9.98. The minimum absolute atomic E-state index is 0.0746. The minimum atomic E-state index is -5.09. The van der Waals surface area contributed by atoms with E-state index in [1.807, 2.05) is 0 Å². The molecule has 0 saturated carbocycles. The number of β-lactam (4-membered cyclic amide) rings is 1. The van der Waals surface area contributed by atoms with Crippen LogP contribution in [-0.2, 0) is 39.1 Å². The molecule has 17 heteroatoms. The van der Waals surface area contributed by atoms with E-state index in [4.69, 9.17) is 21.0 Å². The molecule has 1 saturated heterocycles. The third kappa shape index (κ3) is 5.58. The summed E-state index contributed by atoms with van der Waals surface area (Å²) in [6.07, 6.45) is 1.33. The minimum Gasteiger partial charge on any atom is -0.467 e. The molecule has 0 spiro atoms. The first kappa shape index (κ1) is 25.2. The Labute approximate surface area is 190 Å². The fourth-order valence-electron chi connectivity index (χ4n) is 2.37. The summed E-state index contributed by atoms with van der Waals surface area (Å²) < 4.78 is 36.2. The highest BCUT2D eigenvalue weighted by Crippen LogP contribution is 2.25. The number of anilines is 1. The second-order valence-corrected chi connectivity index (χ2v) is 8.19. The molecule has 2 atom stereocenters. The number of carbonyl (C=O) groups excluding carboxylic acids is 4. The van der Waals surface area contributed by atoms with E-state index >= 15 is 0 Å². The van der Waals surface area contributed by atoms with Crippen LogP contribution in [0.15, 0.2) is 23.2 Å². The van der Waals surface area contributed by atoms with Gasteiger partial charge in [0.25, 0.3) is 11.8 Å². The average Bonchev–Trinajstić information content (AvgIpc) is 3.19. The van der Waals surface area contributed by atoms with Crippen LogP contribution >= 0.6 is 22.9 Å². The molecule has 1 aliphatic heterocycles. The zero-order valence-corrected chi connectivity index (χ0v) is 18.6. The lowest BCUT2D eigenvalue weighted by Crippen LogP contribution is -2.74. The smallest absolute Gasteiger partial charge is 0.363 e. The molecule has 0 aromatic carbocycles. The molecule has 0 radical (unpaired) electrons. The summed E-state index contributed by atoms with van der Waals surface area (Å²) in [5.74, 6) is -4.44. The maximum absolute atomic E-state index is 12.8. The highest BCUT2D eigenvalue weighted by molar-refractivity contribution is 7.84. The van der Waals surface area contributed by atoms with Gasteiger partial charge in [-0.25, -0.2) is 9.78 Å². The number of alkyl halides is 1. The molecule has 0 aliphatic carbocycles. The Kier molecular flexibility index (Phi) is 8.25. The Morgan fingerprint density at radius 2 is 2.16 bits per heavy atom. The van der Waals surface area contributed by atoms with Crippen LogP contribution in [0.3, 0.4) is 0 Å². The predicted octanol–water partition coefficient (Wildman–Crippen LogP) is -1.10. The van der Waals surface area contributed by atoms with Gasteiger partial charge >= 0.3 is 16.3 Å². The SMILES string of the molecule is C=CCO/N=C(/C(=O)N[C@H]1C(=O)N(S(=O)(=O)O)[C@H]1C(=O)OC)c1csc(NC(=O)CCl)n1. The zero-order valence-electron chi connectivity index (χ0n) is 16.2. The molecular weight excluding hydrogens is 494 g/mol. The number of hydrogen-bond donors (Lipinski definition) is 3. The molecule has 1 aliphatic rings. The number of methoxy groups -OCH3 is 1. The van der Waals surface area contributed by atoms with Crippen LogP contribution in [0.2, 0.25) is 0 Å². The van der Waals surface area contributed by atoms with Crippen LogP contribution in [0, 0.1) is 0 Å². The van der Waals surface area contributed by atoms with Gasteiger partial charge in [0, 0.05) is 5.38 Å². The molecule has 1 fully saturated rings. The van der Waals surface area contributed by atoms with Crippen molar-refractivity contribution in [3.8, 4) is 0 Å². The van der Waals surface area contributed by atoms with Crippen molar-refractivity contribution in [2.75, 3.05) is 24.9 Å². The van der Waals surface area contributed by atoms with Crippen LogP contribution in [-0.4, -0.2) is 83.3 Å². The van der Waals surface area contributed by atoms with Crippen LogP contribution in [0.5, 0.6) is 0 Å². The maximum Gasteiger partial charge on any atom is 0.363 e. The molecular formula is C15H16ClN5O9S2. The van der Waals surface area contributed by atoms with Gasteiger partial charge < -0.3 is 20.2 Å². The van der Waals surface area contributed by atoms with Gasteiger partial charge in [-0.3, -0.25) is 18.9 Å². The number of rotatable bonds is 10. The Morgan fingerprint density at radius 1 is 1.47 bits per heavy atom. The summed E-state index contributed by atoms with van der Waals surface area (Å²) in [5.41, 5.74) is -0.536. The van der Waals surface area contributed by atoms with Gasteiger partial charge in [-0.2, -0.15) is 12.7 Å². The molecule has 1 aromatic heterocycles. The van der Waals surface area contributed by atoms with Crippen LogP contribution in [0.1, 0.15) is 5.69 Å². The molecule has 14 nitrogen and oxygen atoms in total. The number of aromatic nitrogens is 1. The lowest BCUT2D eigenvalue weighted by molar-refractivity contribution is -0.162. The molecule has 2 rings (SSSR count). The number of nitrogens with zero attached hydrogens (tertiary/aromatic N) is 3. The number of oxime groups is 1. The normalized spacial score (nSPS) is 18.4. The van der Waals surface area contributed by atoms with Crippen LogP contribution < -0.4 is 10.6 Å². The van der Waals surface area contributed by atoms with Gasteiger partial charge in [-0.1, -0.05) is 17.8 Å². The predicted molar refractivity (Wildman–Crippen MR) is 110 cm³/mol. The fraction of sp³-hybridized carbons (Fsp3) is 0.333. The third-order valence-electron chi connectivity index (χ3n) is 3.71. The quantitative estimate of drug-likeness (QED) is 0.0509. The molecule has 0 unspecified atom stereocenters. The van der Waals surface area contributed by atoms with Gasteiger partial charge in [0.15, 0.2) is 16.9 Å². The van der Waals surface area contributed by atoms with E-state index in [-0.39, 0.29) is 27.6 Å². The van der Waals surface area contributed by atoms with Gasteiger partial charge in [0.05, 0.1) is 7.11 Å². The van der Waals surface area contributed by atoms with Gasteiger partial charge in [-0.05, 0) is 0 Å². The van der Waals surface area contributed by atoms with Crippen molar-refractivity contribution in [2.45, 2.75) is 12.1 Å². The number of hydrogen-bond acceptors (Lipinski definition) is 11. The average molecular weight is 510 g/mol. The first-order chi connectivity index (χ1) is 15.0. The Balaban J connectivity index is 2.29. The number of ether oxygens (including phenoxy) is 1. The van der Waals surface area contributed by atoms with Gasteiger partial charge in [0.2, 0.25) is 5.91 Å². The monoisotopic (exact) mass is 509 g/mol. The number of thiazole rings is 1. The van der Waals surface area contributed by atoms with Crippen LogP contribution in [0.25, 0.3) is 0 Å². The van der Waals surface area contributed by atoms with Gasteiger partial charge in [0.1, 0.15) is 24.2 Å². The topological polar surface area (TPSA) is 194 Å². The highest BCUT2D eigenvalue weighted by Gasteiger charge is 2.58. The van der Waals surface area contributed by atoms with Crippen molar-refractivity contribution >= 4 is 67.8 Å². The van der Waals surface area contributed by atoms with Crippen molar-refractivity contribution in [1.82, 2.24) is 14.6 Å². The molecule has 1 aromatic rings. The van der Waals surface area contributed by atoms with Crippen LogP contribution in [0.4, 0.5) is 5.13 Å². The van der Waals surface area contributed by atoms with Crippen molar-refractivity contribution < 1.29 is 41.7 Å². The Morgan fingerprint density at radius 3 is 2.72 bits per heavy atom. The number of amides is 3. The number of carbonyl (C=O) groups is 4. The molecule has 3 N–H and O–H groups in total. The van der Waals surface area contributed by atoms with E-state index < -0.39 is 51.8 Å². The number of esters is 1. The van der Waals surface area contributed by atoms with E-state index in [9.17, 15) is 27.6 Å². The van der Waals surface area contributed by atoms with E-state index in [1.54, 1.807) is 0 Å². The van der Waals surface area contributed by atoms with Crippen molar-refractivity contribution in [2.24, 2.45) is 5.16 Å².